The number of carboxylic acids is 1. The Morgan fingerprint density at radius 1 is 1.09 bits per heavy atom. The maximum absolute atomic E-state index is 12.4. The first-order chi connectivity index (χ1) is 16.8. The summed E-state index contributed by atoms with van der Waals surface area (Å²) in [5.74, 6) is -2.06. The lowest BCUT2D eigenvalue weighted by molar-refractivity contribution is -0.139. The van der Waals surface area contributed by atoms with E-state index in [1.807, 2.05) is 53.4 Å². The third-order valence-corrected chi connectivity index (χ3v) is 5.78. The molecule has 3 N–H and O–H groups in total. The van der Waals surface area contributed by atoms with Crippen LogP contribution in [-0.2, 0) is 9.53 Å². The second-order valence-corrected chi connectivity index (χ2v) is 8.48. The standard InChI is InChI=1S/C25H26N4O6/c1-29(2)12-11-20(24(31)32)26-23(30)21-13-22(35-28-21)27-25(33)34-14-19-17-9-5-3-7-15(17)16-8-4-6-10-18(16)19/h3-10,13,19-20H,11-12,14H2,1-2H3,(H,26,30)(H,27,33)(H,31,32). The highest BCUT2D eigenvalue weighted by Gasteiger charge is 2.29. The fraction of sp³-hybridized carbons (Fsp3) is 0.280. The normalized spacial score (nSPS) is 13.1. The van der Waals surface area contributed by atoms with Crippen molar-refractivity contribution < 1.29 is 28.8 Å². The fourth-order valence-electron chi connectivity index (χ4n) is 4.05. The number of ether oxygens (including phenoxy) is 1. The Morgan fingerprint density at radius 2 is 1.71 bits per heavy atom. The summed E-state index contributed by atoms with van der Waals surface area (Å²) >= 11 is 0. The van der Waals surface area contributed by atoms with Crippen LogP contribution < -0.4 is 10.6 Å². The molecule has 4 rings (SSSR count). The van der Waals surface area contributed by atoms with Crippen LogP contribution in [0.5, 0.6) is 0 Å². The number of carbonyl (C=O) groups excluding carboxylic acids is 2. The van der Waals surface area contributed by atoms with Crippen molar-refractivity contribution in [3.05, 3.63) is 71.4 Å². The zero-order valence-corrected chi connectivity index (χ0v) is 19.4. The quantitative estimate of drug-likeness (QED) is 0.427. The first-order valence-electron chi connectivity index (χ1n) is 11.1. The molecule has 182 valence electrons. The van der Waals surface area contributed by atoms with E-state index in [-0.39, 0.29) is 30.5 Å². The minimum atomic E-state index is -1.15. The number of rotatable bonds is 9. The molecule has 2 amide bonds. The average Bonchev–Trinajstić information content (AvgIpc) is 3.43. The fourth-order valence-corrected chi connectivity index (χ4v) is 4.05. The summed E-state index contributed by atoms with van der Waals surface area (Å²) in [4.78, 5) is 38.0. The van der Waals surface area contributed by atoms with Gasteiger partial charge < -0.3 is 24.6 Å². The maximum atomic E-state index is 12.4. The number of hydrogen-bond donors (Lipinski definition) is 3. The molecule has 1 unspecified atom stereocenters. The number of aromatic nitrogens is 1. The number of benzene rings is 2. The molecule has 3 aromatic rings. The van der Waals surface area contributed by atoms with Crippen LogP contribution in [0.15, 0.2) is 59.1 Å². The summed E-state index contributed by atoms with van der Waals surface area (Å²) in [6, 6.07) is 16.1. The number of aliphatic carboxylic acids is 1. The Hall–Kier alpha value is -4.18. The van der Waals surface area contributed by atoms with Crippen molar-refractivity contribution in [1.29, 1.82) is 0 Å². The number of nitrogens with one attached hydrogen (secondary N) is 2. The van der Waals surface area contributed by atoms with Crippen LogP contribution in [0.25, 0.3) is 11.1 Å². The molecule has 1 aliphatic rings. The summed E-state index contributed by atoms with van der Waals surface area (Å²) < 4.78 is 10.4. The van der Waals surface area contributed by atoms with E-state index in [9.17, 15) is 19.5 Å². The summed E-state index contributed by atoms with van der Waals surface area (Å²) in [5, 5.41) is 17.8. The van der Waals surface area contributed by atoms with E-state index in [4.69, 9.17) is 9.26 Å². The molecule has 0 radical (unpaired) electrons. The highest BCUT2D eigenvalue weighted by atomic mass is 16.6. The van der Waals surface area contributed by atoms with Gasteiger partial charge in [0, 0.05) is 18.5 Å². The van der Waals surface area contributed by atoms with Gasteiger partial charge in [-0.05, 0) is 42.8 Å². The van der Waals surface area contributed by atoms with Gasteiger partial charge in [0.1, 0.15) is 12.6 Å². The predicted octanol–water partition coefficient (Wildman–Crippen LogP) is 3.17. The van der Waals surface area contributed by atoms with Crippen molar-refractivity contribution in [3.8, 4) is 11.1 Å². The van der Waals surface area contributed by atoms with Gasteiger partial charge in [0.25, 0.3) is 5.91 Å². The van der Waals surface area contributed by atoms with E-state index < -0.39 is 24.0 Å². The summed E-state index contributed by atoms with van der Waals surface area (Å²) in [7, 11) is 3.61. The SMILES string of the molecule is CN(C)CCC(NC(=O)c1cc(NC(=O)OCC2c3ccccc3-c3ccccc32)on1)C(=O)O. The summed E-state index contributed by atoms with van der Waals surface area (Å²) in [5.41, 5.74) is 4.25. The molecular weight excluding hydrogens is 452 g/mol. The number of hydrogen-bond acceptors (Lipinski definition) is 7. The van der Waals surface area contributed by atoms with E-state index in [0.29, 0.717) is 6.54 Å². The van der Waals surface area contributed by atoms with Crippen molar-refractivity contribution in [2.75, 3.05) is 32.6 Å². The molecule has 35 heavy (non-hydrogen) atoms. The maximum Gasteiger partial charge on any atom is 0.414 e. The van der Waals surface area contributed by atoms with Gasteiger partial charge in [0.05, 0.1) is 0 Å². The van der Waals surface area contributed by atoms with Crippen LogP contribution in [-0.4, -0.2) is 66.4 Å². The lowest BCUT2D eigenvalue weighted by atomic mass is 9.98. The highest BCUT2D eigenvalue weighted by molar-refractivity contribution is 5.96. The monoisotopic (exact) mass is 478 g/mol. The Labute approximate surface area is 201 Å². The van der Waals surface area contributed by atoms with Gasteiger partial charge >= 0.3 is 12.1 Å². The zero-order chi connectivity index (χ0) is 24.9. The molecule has 1 aromatic heterocycles. The molecule has 1 heterocycles. The molecule has 0 saturated heterocycles. The smallest absolute Gasteiger partial charge is 0.414 e. The van der Waals surface area contributed by atoms with Crippen molar-refractivity contribution in [3.63, 3.8) is 0 Å². The predicted molar refractivity (Wildman–Crippen MR) is 127 cm³/mol. The number of carboxylic acid groups (broad SMARTS) is 1. The van der Waals surface area contributed by atoms with Gasteiger partial charge in [-0.25, -0.2) is 9.59 Å². The molecule has 10 nitrogen and oxygen atoms in total. The van der Waals surface area contributed by atoms with E-state index >= 15 is 0 Å². The van der Waals surface area contributed by atoms with E-state index in [2.05, 4.69) is 15.8 Å². The number of carbonyl (C=O) groups is 3. The van der Waals surface area contributed by atoms with Gasteiger partial charge in [-0.1, -0.05) is 53.7 Å². The molecule has 1 atom stereocenters. The first kappa shape index (κ1) is 24.0. The van der Waals surface area contributed by atoms with Gasteiger partial charge in [-0.2, -0.15) is 0 Å². The van der Waals surface area contributed by atoms with Crippen molar-refractivity contribution >= 4 is 23.9 Å². The van der Waals surface area contributed by atoms with Crippen LogP contribution in [0.1, 0.15) is 34.0 Å². The molecule has 1 aliphatic carbocycles. The van der Waals surface area contributed by atoms with Gasteiger partial charge in [0.15, 0.2) is 5.69 Å². The Balaban J connectivity index is 1.34. The molecule has 0 spiro atoms. The van der Waals surface area contributed by atoms with E-state index in [1.165, 1.54) is 6.07 Å². The van der Waals surface area contributed by atoms with Crippen LogP contribution in [0.2, 0.25) is 0 Å². The van der Waals surface area contributed by atoms with Gasteiger partial charge in [-0.3, -0.25) is 10.1 Å². The zero-order valence-electron chi connectivity index (χ0n) is 19.4. The average molecular weight is 479 g/mol. The topological polar surface area (TPSA) is 134 Å². The van der Waals surface area contributed by atoms with Crippen LogP contribution in [0.3, 0.4) is 0 Å². The molecular formula is C25H26N4O6. The Morgan fingerprint density at radius 3 is 2.31 bits per heavy atom. The number of amides is 2. The molecule has 0 aliphatic heterocycles. The second-order valence-electron chi connectivity index (χ2n) is 8.48. The van der Waals surface area contributed by atoms with Gasteiger partial charge in [0.2, 0.25) is 5.88 Å². The van der Waals surface area contributed by atoms with Crippen LogP contribution >= 0.6 is 0 Å². The largest absolute Gasteiger partial charge is 0.480 e. The molecule has 0 bridgehead atoms. The Kier molecular flexibility index (Phi) is 7.11. The minimum absolute atomic E-state index is 0.0902. The van der Waals surface area contributed by atoms with Crippen molar-refractivity contribution in [1.82, 2.24) is 15.4 Å². The first-order valence-corrected chi connectivity index (χ1v) is 11.1. The molecule has 10 heteroatoms. The second kappa shape index (κ2) is 10.4. The van der Waals surface area contributed by atoms with E-state index in [0.717, 1.165) is 22.3 Å². The summed E-state index contributed by atoms with van der Waals surface area (Å²) in [6.07, 6.45) is -0.541. The summed E-state index contributed by atoms with van der Waals surface area (Å²) in [6.45, 7) is 0.595. The lowest BCUT2D eigenvalue weighted by Gasteiger charge is -2.16. The number of nitrogens with zero attached hydrogens (tertiary/aromatic N) is 2. The van der Waals surface area contributed by atoms with Gasteiger partial charge in [-0.15, -0.1) is 0 Å². The van der Waals surface area contributed by atoms with Crippen LogP contribution in [0, 0.1) is 0 Å². The lowest BCUT2D eigenvalue weighted by Crippen LogP contribution is -2.42. The minimum Gasteiger partial charge on any atom is -0.480 e. The van der Waals surface area contributed by atoms with Crippen molar-refractivity contribution in [2.45, 2.75) is 18.4 Å². The number of anilines is 1. The highest BCUT2D eigenvalue weighted by Crippen LogP contribution is 2.44. The Bertz CT molecular complexity index is 1190. The van der Waals surface area contributed by atoms with E-state index in [1.54, 1.807) is 14.1 Å². The third-order valence-electron chi connectivity index (χ3n) is 5.78. The van der Waals surface area contributed by atoms with Crippen LogP contribution in [0.4, 0.5) is 10.7 Å². The molecule has 0 fully saturated rings. The number of fused-ring (bicyclic) bond motifs is 3. The molecule has 0 saturated carbocycles. The van der Waals surface area contributed by atoms with Crippen molar-refractivity contribution in [2.24, 2.45) is 0 Å². The molecule has 2 aromatic carbocycles. The third kappa shape index (κ3) is 5.49.